The number of hydrogen-bond donors (Lipinski definition) is 1. The number of nitrogens with one attached hydrogen (secondary N) is 1. The maximum atomic E-state index is 13.1. The number of aromatic carboxylic acids is 1. The third-order valence-electron chi connectivity index (χ3n) is 5.32. The maximum Gasteiger partial charge on any atom is 1.00 e. The average molecular weight is 556 g/mol. The Hall–Kier alpha value is -1.43. The first-order valence-electron chi connectivity index (χ1n) is 10.9. The molecule has 3 rings (SSSR count). The van der Waals surface area contributed by atoms with Crippen molar-refractivity contribution in [1.82, 2.24) is 14.6 Å². The Morgan fingerprint density at radius 2 is 1.75 bits per heavy atom. The minimum atomic E-state index is -3.74. The maximum absolute atomic E-state index is 13.1. The van der Waals surface area contributed by atoms with Crippen molar-refractivity contribution in [1.29, 1.82) is 0 Å². The Labute approximate surface area is 244 Å². The molecule has 0 aliphatic carbocycles. The smallest absolute Gasteiger partial charge is 0.545 e. The monoisotopic (exact) mass is 555 g/mol. The molecule has 2 aromatic carbocycles. The zero-order chi connectivity index (χ0) is 25.3. The van der Waals surface area contributed by atoms with E-state index in [4.69, 9.17) is 11.6 Å². The van der Waals surface area contributed by atoms with Crippen molar-refractivity contribution in [3.05, 3.63) is 94.8 Å². The normalized spacial score (nSPS) is 12.2. The Bertz CT molecular complexity index is 1200. The fourth-order valence-corrected chi connectivity index (χ4v) is 5.51. The van der Waals surface area contributed by atoms with E-state index in [1.807, 2.05) is 18.4 Å². The third-order valence-corrected chi connectivity index (χ3v) is 7.75. The zero-order valence-corrected chi connectivity index (χ0v) is 24.7. The van der Waals surface area contributed by atoms with Crippen LogP contribution in [0.5, 0.6) is 0 Å². The van der Waals surface area contributed by atoms with Crippen LogP contribution in [0.1, 0.15) is 27.9 Å². The predicted molar refractivity (Wildman–Crippen MR) is 138 cm³/mol. The van der Waals surface area contributed by atoms with E-state index < -0.39 is 16.0 Å². The molecule has 1 N–H and O–H groups in total. The number of halogens is 1. The van der Waals surface area contributed by atoms with Crippen molar-refractivity contribution in [2.75, 3.05) is 18.6 Å². The Morgan fingerprint density at radius 1 is 1.08 bits per heavy atom. The van der Waals surface area contributed by atoms with Gasteiger partial charge in [-0.2, -0.15) is 11.8 Å². The number of benzene rings is 2. The fourth-order valence-electron chi connectivity index (χ4n) is 3.60. The van der Waals surface area contributed by atoms with Gasteiger partial charge in [-0.1, -0.05) is 41.9 Å². The van der Waals surface area contributed by atoms with Gasteiger partial charge in [-0.3, -0.25) is 9.88 Å². The van der Waals surface area contributed by atoms with E-state index in [0.717, 1.165) is 16.9 Å². The minimum Gasteiger partial charge on any atom is -0.545 e. The van der Waals surface area contributed by atoms with Gasteiger partial charge in [-0.25, -0.2) is 13.1 Å². The van der Waals surface area contributed by atoms with E-state index >= 15 is 0 Å². The molecule has 11 heteroatoms. The van der Waals surface area contributed by atoms with Crippen molar-refractivity contribution in [2.45, 2.75) is 30.4 Å². The molecule has 1 unspecified atom stereocenters. The minimum absolute atomic E-state index is 0. The van der Waals surface area contributed by atoms with Gasteiger partial charge in [0.2, 0.25) is 10.0 Å². The van der Waals surface area contributed by atoms with Crippen LogP contribution in [-0.4, -0.2) is 48.9 Å². The van der Waals surface area contributed by atoms with Crippen LogP contribution in [-0.2, 0) is 23.1 Å². The summed E-state index contributed by atoms with van der Waals surface area (Å²) in [5.74, 6) is -0.438. The second-order valence-corrected chi connectivity index (χ2v) is 11.2. The summed E-state index contributed by atoms with van der Waals surface area (Å²) < 4.78 is 29.0. The van der Waals surface area contributed by atoms with Gasteiger partial charge < -0.3 is 9.90 Å². The van der Waals surface area contributed by atoms with Crippen molar-refractivity contribution in [3.8, 4) is 0 Å². The van der Waals surface area contributed by atoms with E-state index in [0.29, 0.717) is 31.1 Å². The van der Waals surface area contributed by atoms with E-state index in [1.165, 1.54) is 24.3 Å². The molecule has 0 amide bonds. The predicted octanol–water partition coefficient (Wildman–Crippen LogP) is 0.205. The molecule has 7 nitrogen and oxygen atoms in total. The molecule has 0 fully saturated rings. The van der Waals surface area contributed by atoms with Crippen LogP contribution in [0.4, 0.5) is 0 Å². The van der Waals surface area contributed by atoms with E-state index in [1.54, 1.807) is 48.4 Å². The summed E-state index contributed by atoms with van der Waals surface area (Å²) >= 11 is 7.57. The Balaban J connectivity index is 0.00000456. The fraction of sp³-hybridized carbons (Fsp3) is 0.280. The molecule has 0 bridgehead atoms. The topological polar surface area (TPSA) is 102 Å². The number of pyridine rings is 1. The van der Waals surface area contributed by atoms with Crippen LogP contribution in [0.15, 0.2) is 78.0 Å². The molecule has 36 heavy (non-hydrogen) atoms. The number of carbonyl (C=O) groups is 1. The molecular formula is C25H27ClN3NaO4S2. The summed E-state index contributed by atoms with van der Waals surface area (Å²) in [4.78, 5) is 17.6. The van der Waals surface area contributed by atoms with Crippen molar-refractivity contribution >= 4 is 39.4 Å². The molecule has 0 saturated heterocycles. The molecule has 0 spiro atoms. The molecule has 186 valence electrons. The van der Waals surface area contributed by atoms with Crippen molar-refractivity contribution in [3.63, 3.8) is 0 Å². The first-order valence-corrected chi connectivity index (χ1v) is 14.2. The number of carboxylic acids is 1. The molecule has 0 saturated carbocycles. The first-order chi connectivity index (χ1) is 16.8. The molecule has 1 aromatic heterocycles. The first kappa shape index (κ1) is 30.8. The van der Waals surface area contributed by atoms with Crippen molar-refractivity contribution < 1.29 is 47.9 Å². The standard InChI is InChI=1S/C25H28ClN3O4S2.Na/c1-34-14-12-23(28-35(32,33)24-10-8-22(26)9-11-24)18-29(17-20-3-2-13-27-15-20)16-19-4-6-21(7-5-19)25(30)31;/h2-11,13,15,23,28H,12,14,16-18H2,1H3,(H,30,31);/q;+1/p-1. The average Bonchev–Trinajstić information content (AvgIpc) is 2.83. The number of carboxylic acid groups (broad SMARTS) is 1. The van der Waals surface area contributed by atoms with Gasteiger partial charge in [-0.05, 0) is 65.5 Å². The molecule has 0 aliphatic heterocycles. The quantitative estimate of drug-likeness (QED) is 0.301. The van der Waals surface area contributed by atoms with Gasteiger partial charge in [0, 0.05) is 43.1 Å². The van der Waals surface area contributed by atoms with Gasteiger partial charge in [0.1, 0.15) is 0 Å². The van der Waals surface area contributed by atoms with E-state index in [2.05, 4.69) is 14.6 Å². The van der Waals surface area contributed by atoms with Gasteiger partial charge in [-0.15, -0.1) is 0 Å². The number of nitrogens with zero attached hydrogens (tertiary/aromatic N) is 2. The summed E-state index contributed by atoms with van der Waals surface area (Å²) in [6, 6.07) is 16.1. The number of carbonyl (C=O) groups excluding carboxylic acids is 1. The second-order valence-electron chi connectivity index (χ2n) is 8.07. The van der Waals surface area contributed by atoms with Crippen LogP contribution in [0.3, 0.4) is 0 Å². The number of thioether (sulfide) groups is 1. The number of aromatic nitrogens is 1. The SMILES string of the molecule is CSCCC(CN(Cc1ccc(C(=O)[O-])cc1)Cc1cccnc1)NS(=O)(=O)c1ccc(Cl)cc1.[Na+]. The summed E-state index contributed by atoms with van der Waals surface area (Å²) in [5.41, 5.74) is 2.01. The number of rotatable bonds is 13. The zero-order valence-electron chi connectivity index (χ0n) is 20.3. The summed E-state index contributed by atoms with van der Waals surface area (Å²) in [5, 5.41) is 11.6. The molecule has 0 radical (unpaired) electrons. The summed E-state index contributed by atoms with van der Waals surface area (Å²) in [7, 11) is -3.74. The molecule has 1 heterocycles. The van der Waals surface area contributed by atoms with Gasteiger partial charge >= 0.3 is 29.6 Å². The molecule has 1 atom stereocenters. The molecule has 0 aliphatic rings. The van der Waals surface area contributed by atoms with Crippen LogP contribution in [0.25, 0.3) is 0 Å². The van der Waals surface area contributed by atoms with Gasteiger partial charge in [0.05, 0.1) is 10.9 Å². The Morgan fingerprint density at radius 3 is 2.33 bits per heavy atom. The van der Waals surface area contributed by atoms with Crippen LogP contribution in [0.2, 0.25) is 5.02 Å². The summed E-state index contributed by atoms with van der Waals surface area (Å²) in [6.45, 7) is 1.50. The Kier molecular flexibility index (Phi) is 12.9. The van der Waals surface area contributed by atoms with Crippen LogP contribution < -0.4 is 39.4 Å². The van der Waals surface area contributed by atoms with E-state index in [9.17, 15) is 18.3 Å². The van der Waals surface area contributed by atoms with Crippen molar-refractivity contribution in [2.24, 2.45) is 0 Å². The number of hydrogen-bond acceptors (Lipinski definition) is 7. The molecule has 3 aromatic rings. The second kappa shape index (κ2) is 15.1. The van der Waals surface area contributed by atoms with Crippen LogP contribution in [0, 0.1) is 0 Å². The van der Waals surface area contributed by atoms with Gasteiger partial charge in [0.25, 0.3) is 0 Å². The molecular weight excluding hydrogens is 529 g/mol. The largest absolute Gasteiger partial charge is 1.00 e. The van der Waals surface area contributed by atoms with Gasteiger partial charge in [0.15, 0.2) is 0 Å². The number of sulfonamides is 1. The van der Waals surface area contributed by atoms with Crippen LogP contribution >= 0.6 is 23.4 Å². The summed E-state index contributed by atoms with van der Waals surface area (Å²) in [6.07, 6.45) is 6.10. The van der Waals surface area contributed by atoms with E-state index in [-0.39, 0.29) is 46.1 Å². The third kappa shape index (κ3) is 9.79.